The van der Waals surface area contributed by atoms with Crippen molar-refractivity contribution in [3.05, 3.63) is 30.1 Å². The van der Waals surface area contributed by atoms with Crippen LogP contribution in [0.1, 0.15) is 44.0 Å². The van der Waals surface area contributed by atoms with Crippen molar-refractivity contribution in [3.8, 4) is 0 Å². The Bertz CT molecular complexity index is 735. The molecule has 0 saturated heterocycles. The molecular formula is C19H27N5OS. The van der Waals surface area contributed by atoms with Gasteiger partial charge in [0.05, 0.1) is 5.75 Å². The predicted molar refractivity (Wildman–Crippen MR) is 107 cm³/mol. The van der Waals surface area contributed by atoms with E-state index in [4.69, 9.17) is 0 Å². The zero-order valence-electron chi connectivity index (χ0n) is 15.7. The fourth-order valence-corrected chi connectivity index (χ4v) is 4.23. The van der Waals surface area contributed by atoms with Gasteiger partial charge < -0.3 is 14.8 Å². The smallest absolute Gasteiger partial charge is 0.234 e. The maximum absolute atomic E-state index is 12.3. The van der Waals surface area contributed by atoms with Gasteiger partial charge in [-0.05, 0) is 44.0 Å². The molecule has 0 spiro atoms. The van der Waals surface area contributed by atoms with Gasteiger partial charge in [-0.3, -0.25) is 4.79 Å². The largest absolute Gasteiger partial charge is 0.378 e. The Morgan fingerprint density at radius 1 is 1.19 bits per heavy atom. The number of nitrogens with one attached hydrogen (secondary N) is 1. The van der Waals surface area contributed by atoms with Gasteiger partial charge in [-0.15, -0.1) is 10.2 Å². The number of thioether (sulfide) groups is 1. The zero-order chi connectivity index (χ0) is 18.5. The van der Waals surface area contributed by atoms with Crippen LogP contribution in [-0.4, -0.2) is 40.5 Å². The molecule has 1 N–H and O–H groups in total. The molecule has 0 aliphatic heterocycles. The number of rotatable bonds is 6. The first kappa shape index (κ1) is 18.8. The van der Waals surface area contributed by atoms with Crippen LogP contribution in [0.25, 0.3) is 0 Å². The van der Waals surface area contributed by atoms with Gasteiger partial charge >= 0.3 is 0 Å². The number of amides is 1. The summed E-state index contributed by atoms with van der Waals surface area (Å²) in [4.78, 5) is 14.3. The van der Waals surface area contributed by atoms with Gasteiger partial charge in [-0.25, -0.2) is 0 Å². The molecule has 2 aromatic rings. The number of hydrogen-bond acceptors (Lipinski definition) is 5. The van der Waals surface area contributed by atoms with Gasteiger partial charge in [0.2, 0.25) is 5.91 Å². The van der Waals surface area contributed by atoms with E-state index in [1.807, 2.05) is 50.2 Å². The molecule has 1 fully saturated rings. The number of aryl methyl sites for hydroxylation is 1. The van der Waals surface area contributed by atoms with Crippen molar-refractivity contribution in [2.45, 2.75) is 50.2 Å². The minimum Gasteiger partial charge on any atom is -0.378 e. The Kier molecular flexibility index (Phi) is 6.19. The van der Waals surface area contributed by atoms with E-state index in [0.29, 0.717) is 11.8 Å². The van der Waals surface area contributed by atoms with Crippen molar-refractivity contribution in [2.24, 2.45) is 0 Å². The van der Waals surface area contributed by atoms with E-state index in [9.17, 15) is 4.79 Å². The second-order valence-electron chi connectivity index (χ2n) is 6.97. The second kappa shape index (κ2) is 8.58. The standard InChI is InChI=1S/C19H27N5OS/c1-14-21-22-19(24(14)17-7-5-4-6-8-17)26-13-18(25)20-15-9-11-16(12-10-15)23(2)3/h9-12,17H,4-8,13H2,1-3H3,(H,20,25). The van der Waals surface area contributed by atoms with Crippen molar-refractivity contribution >= 4 is 29.0 Å². The van der Waals surface area contributed by atoms with E-state index in [0.717, 1.165) is 22.4 Å². The van der Waals surface area contributed by atoms with Crippen LogP contribution in [0, 0.1) is 6.92 Å². The predicted octanol–water partition coefficient (Wildman–Crippen LogP) is 3.89. The van der Waals surface area contributed by atoms with Crippen LogP contribution in [0.4, 0.5) is 11.4 Å². The Balaban J connectivity index is 1.58. The van der Waals surface area contributed by atoms with E-state index >= 15 is 0 Å². The molecule has 0 unspecified atom stereocenters. The minimum absolute atomic E-state index is 0.0246. The molecule has 3 rings (SSSR count). The Morgan fingerprint density at radius 2 is 1.88 bits per heavy atom. The molecule has 1 saturated carbocycles. The van der Waals surface area contributed by atoms with E-state index in [-0.39, 0.29) is 5.91 Å². The molecular weight excluding hydrogens is 346 g/mol. The molecule has 0 radical (unpaired) electrons. The summed E-state index contributed by atoms with van der Waals surface area (Å²) in [7, 11) is 3.99. The average Bonchev–Trinajstić information content (AvgIpc) is 3.02. The lowest BCUT2D eigenvalue weighted by atomic mass is 9.95. The molecule has 1 aliphatic rings. The lowest BCUT2D eigenvalue weighted by molar-refractivity contribution is -0.113. The highest BCUT2D eigenvalue weighted by Crippen LogP contribution is 2.32. The first-order chi connectivity index (χ1) is 12.5. The number of hydrogen-bond donors (Lipinski definition) is 1. The summed E-state index contributed by atoms with van der Waals surface area (Å²) >= 11 is 1.47. The number of benzene rings is 1. The summed E-state index contributed by atoms with van der Waals surface area (Å²) in [5.74, 6) is 1.25. The SMILES string of the molecule is Cc1nnc(SCC(=O)Nc2ccc(N(C)C)cc2)n1C1CCCCC1. The summed E-state index contributed by atoms with van der Waals surface area (Å²) in [6, 6.07) is 8.31. The van der Waals surface area contributed by atoms with E-state index in [1.165, 1.54) is 43.9 Å². The minimum atomic E-state index is -0.0246. The van der Waals surface area contributed by atoms with E-state index in [1.54, 1.807) is 0 Å². The summed E-state index contributed by atoms with van der Waals surface area (Å²) in [5, 5.41) is 12.3. The Morgan fingerprint density at radius 3 is 2.54 bits per heavy atom. The zero-order valence-corrected chi connectivity index (χ0v) is 16.6. The Hall–Kier alpha value is -2.02. The fraction of sp³-hybridized carbons (Fsp3) is 0.526. The van der Waals surface area contributed by atoms with Crippen molar-refractivity contribution in [1.82, 2.24) is 14.8 Å². The molecule has 0 bridgehead atoms. The van der Waals surface area contributed by atoms with Crippen LogP contribution in [0.3, 0.4) is 0 Å². The monoisotopic (exact) mass is 373 g/mol. The Labute approximate surface area is 159 Å². The molecule has 26 heavy (non-hydrogen) atoms. The molecule has 7 heteroatoms. The third kappa shape index (κ3) is 4.58. The molecule has 1 heterocycles. The number of anilines is 2. The molecule has 1 aromatic heterocycles. The molecule has 6 nitrogen and oxygen atoms in total. The number of carbonyl (C=O) groups excluding carboxylic acids is 1. The van der Waals surface area contributed by atoms with Gasteiger partial charge in [0.25, 0.3) is 0 Å². The van der Waals surface area contributed by atoms with E-state index in [2.05, 4.69) is 20.1 Å². The fourth-order valence-electron chi connectivity index (χ4n) is 3.38. The van der Waals surface area contributed by atoms with Crippen LogP contribution < -0.4 is 10.2 Å². The van der Waals surface area contributed by atoms with Crippen LogP contribution in [0.2, 0.25) is 0 Å². The van der Waals surface area contributed by atoms with Gasteiger partial charge in [-0.2, -0.15) is 0 Å². The van der Waals surface area contributed by atoms with Crippen molar-refractivity contribution in [2.75, 3.05) is 30.1 Å². The molecule has 1 aliphatic carbocycles. The highest BCUT2D eigenvalue weighted by Gasteiger charge is 2.21. The van der Waals surface area contributed by atoms with Crippen LogP contribution >= 0.6 is 11.8 Å². The first-order valence-electron chi connectivity index (χ1n) is 9.16. The average molecular weight is 374 g/mol. The number of nitrogens with zero attached hydrogens (tertiary/aromatic N) is 4. The number of carbonyl (C=O) groups is 1. The maximum Gasteiger partial charge on any atom is 0.234 e. The highest BCUT2D eigenvalue weighted by atomic mass is 32.2. The quantitative estimate of drug-likeness (QED) is 0.779. The van der Waals surface area contributed by atoms with Crippen LogP contribution in [0.5, 0.6) is 0 Å². The van der Waals surface area contributed by atoms with Crippen LogP contribution in [0.15, 0.2) is 29.4 Å². The van der Waals surface area contributed by atoms with Crippen molar-refractivity contribution < 1.29 is 4.79 Å². The van der Waals surface area contributed by atoms with Crippen molar-refractivity contribution in [3.63, 3.8) is 0 Å². The lowest BCUT2D eigenvalue weighted by Gasteiger charge is -2.24. The maximum atomic E-state index is 12.3. The third-order valence-electron chi connectivity index (χ3n) is 4.77. The molecule has 1 amide bonds. The molecule has 1 aromatic carbocycles. The number of aromatic nitrogens is 3. The third-order valence-corrected chi connectivity index (χ3v) is 5.72. The van der Waals surface area contributed by atoms with Gasteiger partial charge in [0, 0.05) is 31.5 Å². The van der Waals surface area contributed by atoms with Gasteiger partial charge in [0.15, 0.2) is 5.16 Å². The van der Waals surface area contributed by atoms with Crippen LogP contribution in [-0.2, 0) is 4.79 Å². The topological polar surface area (TPSA) is 63.1 Å². The van der Waals surface area contributed by atoms with Gasteiger partial charge in [0.1, 0.15) is 5.82 Å². The summed E-state index contributed by atoms with van der Waals surface area (Å²) in [6.45, 7) is 2.00. The lowest BCUT2D eigenvalue weighted by Crippen LogP contribution is -2.17. The summed E-state index contributed by atoms with van der Waals surface area (Å²) < 4.78 is 2.23. The first-order valence-corrected chi connectivity index (χ1v) is 10.1. The molecule has 140 valence electrons. The normalized spacial score (nSPS) is 15.0. The van der Waals surface area contributed by atoms with E-state index < -0.39 is 0 Å². The highest BCUT2D eigenvalue weighted by molar-refractivity contribution is 7.99. The summed E-state index contributed by atoms with van der Waals surface area (Å²) in [5.41, 5.74) is 1.92. The molecule has 0 atom stereocenters. The summed E-state index contributed by atoms with van der Waals surface area (Å²) in [6.07, 6.45) is 6.19. The van der Waals surface area contributed by atoms with Crippen molar-refractivity contribution in [1.29, 1.82) is 0 Å². The second-order valence-corrected chi connectivity index (χ2v) is 7.91. The van der Waals surface area contributed by atoms with Gasteiger partial charge in [-0.1, -0.05) is 31.0 Å².